The van der Waals surface area contributed by atoms with Gasteiger partial charge in [0.05, 0.1) is 23.4 Å². The predicted molar refractivity (Wildman–Crippen MR) is 116 cm³/mol. The van der Waals surface area contributed by atoms with Crippen LogP contribution < -0.4 is 5.32 Å². The van der Waals surface area contributed by atoms with Gasteiger partial charge in [-0.05, 0) is 52.7 Å². The minimum absolute atomic E-state index is 0.160. The highest BCUT2D eigenvalue weighted by atomic mass is 79.9. The Labute approximate surface area is 183 Å². The Bertz CT molecular complexity index is 1020. The van der Waals surface area contributed by atoms with Crippen molar-refractivity contribution in [2.45, 2.75) is 19.8 Å². The van der Waals surface area contributed by atoms with Crippen molar-refractivity contribution >= 4 is 45.2 Å². The van der Waals surface area contributed by atoms with Gasteiger partial charge in [-0.1, -0.05) is 25.5 Å². The zero-order valence-corrected chi connectivity index (χ0v) is 18.4. The summed E-state index contributed by atoms with van der Waals surface area (Å²) in [6.45, 7) is 2.19. The van der Waals surface area contributed by atoms with E-state index >= 15 is 0 Å². The molecule has 0 saturated carbocycles. The number of amides is 4. The lowest BCUT2D eigenvalue weighted by Crippen LogP contribution is -2.35. The number of benzene rings is 2. The molecule has 0 bridgehead atoms. The summed E-state index contributed by atoms with van der Waals surface area (Å²) < 4.78 is 0.738. The predicted octanol–water partition coefficient (Wildman–Crippen LogP) is 3.56. The van der Waals surface area contributed by atoms with Gasteiger partial charge >= 0.3 is 0 Å². The maximum atomic E-state index is 12.8. The molecule has 0 aromatic heterocycles. The maximum Gasteiger partial charge on any atom is 0.261 e. The third-order valence-corrected chi connectivity index (χ3v) is 5.52. The van der Waals surface area contributed by atoms with Crippen LogP contribution in [0.15, 0.2) is 46.9 Å². The van der Waals surface area contributed by atoms with Crippen LogP contribution >= 0.6 is 15.9 Å². The lowest BCUT2D eigenvalue weighted by atomic mass is 10.0. The molecule has 1 heterocycles. The van der Waals surface area contributed by atoms with Crippen molar-refractivity contribution in [3.05, 3.63) is 63.6 Å². The molecule has 0 saturated heterocycles. The third kappa shape index (κ3) is 4.43. The average molecular weight is 472 g/mol. The number of hydrogen-bond acceptors (Lipinski definition) is 4. The van der Waals surface area contributed by atoms with E-state index in [1.165, 1.54) is 35.0 Å². The fraction of sp³-hybridized carbons (Fsp3) is 0.273. The van der Waals surface area contributed by atoms with Crippen LogP contribution in [0.4, 0.5) is 5.69 Å². The lowest BCUT2D eigenvalue weighted by Gasteiger charge is -2.17. The highest BCUT2D eigenvalue weighted by molar-refractivity contribution is 9.10. The highest BCUT2D eigenvalue weighted by Gasteiger charge is 2.35. The summed E-state index contributed by atoms with van der Waals surface area (Å²) in [5.74, 6) is -1.47. The van der Waals surface area contributed by atoms with E-state index < -0.39 is 5.91 Å². The van der Waals surface area contributed by atoms with Gasteiger partial charge in [-0.25, -0.2) is 0 Å². The first-order valence-corrected chi connectivity index (χ1v) is 10.4. The fourth-order valence-electron chi connectivity index (χ4n) is 3.20. The molecule has 156 valence electrons. The first kappa shape index (κ1) is 21.7. The Hall–Kier alpha value is -3.00. The van der Waals surface area contributed by atoms with Crippen LogP contribution in [-0.2, 0) is 4.79 Å². The fourth-order valence-corrected chi connectivity index (χ4v) is 3.59. The number of carbonyl (C=O) groups is 4. The van der Waals surface area contributed by atoms with E-state index in [0.29, 0.717) is 17.8 Å². The number of nitrogens with zero attached hydrogens (tertiary/aromatic N) is 2. The molecule has 0 radical (unpaired) electrons. The normalized spacial score (nSPS) is 12.7. The van der Waals surface area contributed by atoms with Crippen molar-refractivity contribution in [1.82, 2.24) is 9.80 Å². The van der Waals surface area contributed by atoms with Gasteiger partial charge in [0.15, 0.2) is 0 Å². The van der Waals surface area contributed by atoms with Crippen molar-refractivity contribution in [2.24, 2.45) is 0 Å². The van der Waals surface area contributed by atoms with Gasteiger partial charge in [-0.15, -0.1) is 0 Å². The Morgan fingerprint density at radius 3 is 2.47 bits per heavy atom. The van der Waals surface area contributed by atoms with E-state index in [4.69, 9.17) is 0 Å². The van der Waals surface area contributed by atoms with E-state index in [2.05, 4.69) is 21.2 Å². The first-order chi connectivity index (χ1) is 14.3. The molecule has 2 aromatic carbocycles. The molecule has 0 aliphatic carbocycles. The number of likely N-dealkylation sites (N-methyl/N-ethyl adjacent to an activating group) is 1. The molecule has 0 atom stereocenters. The Morgan fingerprint density at radius 1 is 1.07 bits per heavy atom. The number of carbonyl (C=O) groups excluding carboxylic acids is 4. The zero-order valence-electron chi connectivity index (χ0n) is 16.8. The molecule has 1 aliphatic heterocycles. The summed E-state index contributed by atoms with van der Waals surface area (Å²) in [6.07, 6.45) is 1.59. The SMILES string of the molecule is CCCCN1C(=O)c2ccc(C(=O)N(C)CC(=O)Nc3ccccc3Br)cc2C1=O. The molecule has 0 fully saturated rings. The van der Waals surface area contributed by atoms with Gasteiger partial charge in [0.2, 0.25) is 5.91 Å². The van der Waals surface area contributed by atoms with Crippen LogP contribution in [0.5, 0.6) is 0 Å². The van der Waals surface area contributed by atoms with Gasteiger partial charge < -0.3 is 10.2 Å². The summed E-state index contributed by atoms with van der Waals surface area (Å²) in [5.41, 5.74) is 1.40. The number of imide groups is 1. The average Bonchev–Trinajstić information content (AvgIpc) is 2.97. The summed E-state index contributed by atoms with van der Waals surface area (Å²) >= 11 is 3.36. The van der Waals surface area contributed by atoms with Crippen LogP contribution in [0.25, 0.3) is 0 Å². The van der Waals surface area contributed by atoms with E-state index in [1.54, 1.807) is 18.2 Å². The molecule has 1 N–H and O–H groups in total. The number of anilines is 1. The second-order valence-electron chi connectivity index (χ2n) is 7.07. The Kier molecular flexibility index (Phi) is 6.66. The van der Waals surface area contributed by atoms with E-state index in [1.807, 2.05) is 13.0 Å². The zero-order chi connectivity index (χ0) is 21.8. The van der Waals surface area contributed by atoms with Gasteiger partial charge in [-0.3, -0.25) is 24.1 Å². The molecule has 2 aromatic rings. The van der Waals surface area contributed by atoms with Gasteiger partial charge in [0.25, 0.3) is 17.7 Å². The number of fused-ring (bicyclic) bond motifs is 1. The molecule has 0 unspecified atom stereocenters. The number of unbranched alkanes of at least 4 members (excludes halogenated alkanes) is 1. The quantitative estimate of drug-likeness (QED) is 0.625. The van der Waals surface area contributed by atoms with Crippen LogP contribution in [0, 0.1) is 0 Å². The second-order valence-corrected chi connectivity index (χ2v) is 7.92. The molecular formula is C22H22BrN3O4. The molecule has 1 aliphatic rings. The number of hydrogen-bond donors (Lipinski definition) is 1. The molecule has 7 nitrogen and oxygen atoms in total. The van der Waals surface area contributed by atoms with Crippen LogP contribution in [-0.4, -0.2) is 53.6 Å². The second kappa shape index (κ2) is 9.21. The van der Waals surface area contributed by atoms with Crippen LogP contribution in [0.1, 0.15) is 50.8 Å². The van der Waals surface area contributed by atoms with Crippen molar-refractivity contribution in [1.29, 1.82) is 0 Å². The summed E-state index contributed by atoms with van der Waals surface area (Å²) in [5, 5.41) is 2.74. The number of halogens is 1. The van der Waals surface area contributed by atoms with Crippen LogP contribution in [0.2, 0.25) is 0 Å². The topological polar surface area (TPSA) is 86.8 Å². The number of nitrogens with one attached hydrogen (secondary N) is 1. The van der Waals surface area contributed by atoms with Gasteiger partial charge in [0, 0.05) is 23.6 Å². The van der Waals surface area contributed by atoms with Gasteiger partial charge in [-0.2, -0.15) is 0 Å². The summed E-state index contributed by atoms with van der Waals surface area (Å²) in [6, 6.07) is 11.6. The van der Waals surface area contributed by atoms with Crippen molar-refractivity contribution in [3.8, 4) is 0 Å². The van der Waals surface area contributed by atoms with Crippen LogP contribution in [0.3, 0.4) is 0 Å². The number of rotatable bonds is 7. The monoisotopic (exact) mass is 471 g/mol. The molecule has 30 heavy (non-hydrogen) atoms. The summed E-state index contributed by atoms with van der Waals surface area (Å²) in [7, 11) is 1.51. The maximum absolute atomic E-state index is 12.8. The van der Waals surface area contributed by atoms with Crippen molar-refractivity contribution < 1.29 is 19.2 Å². The smallest absolute Gasteiger partial charge is 0.261 e. The molecule has 8 heteroatoms. The van der Waals surface area contributed by atoms with E-state index in [-0.39, 0.29) is 35.4 Å². The minimum atomic E-state index is -0.410. The lowest BCUT2D eigenvalue weighted by molar-refractivity contribution is -0.116. The third-order valence-electron chi connectivity index (χ3n) is 4.83. The van der Waals surface area contributed by atoms with Crippen molar-refractivity contribution in [3.63, 3.8) is 0 Å². The Balaban J connectivity index is 1.70. The van der Waals surface area contributed by atoms with Gasteiger partial charge in [0.1, 0.15) is 0 Å². The molecule has 3 rings (SSSR count). The largest absolute Gasteiger partial charge is 0.332 e. The van der Waals surface area contributed by atoms with Crippen molar-refractivity contribution in [2.75, 3.05) is 25.5 Å². The number of para-hydroxylation sites is 1. The minimum Gasteiger partial charge on any atom is -0.332 e. The Morgan fingerprint density at radius 2 is 1.77 bits per heavy atom. The van der Waals surface area contributed by atoms with E-state index in [0.717, 1.165) is 17.3 Å². The highest BCUT2D eigenvalue weighted by Crippen LogP contribution is 2.25. The molecule has 4 amide bonds. The first-order valence-electron chi connectivity index (χ1n) is 9.63. The molecular weight excluding hydrogens is 450 g/mol. The molecule has 0 spiro atoms. The van der Waals surface area contributed by atoms with E-state index in [9.17, 15) is 19.2 Å². The standard InChI is InChI=1S/C22H22BrN3O4/c1-3-4-11-26-21(29)15-10-9-14(12-16(15)22(26)30)20(28)25(2)13-19(27)24-18-8-6-5-7-17(18)23/h5-10,12H,3-4,11,13H2,1-2H3,(H,24,27). The summed E-state index contributed by atoms with van der Waals surface area (Å²) in [4.78, 5) is 52.6.